The molecule has 0 unspecified atom stereocenters. The van der Waals surface area contributed by atoms with E-state index >= 15 is 0 Å². The second-order valence-corrected chi connectivity index (χ2v) is 3.12. The molecule has 16 heavy (non-hydrogen) atoms. The van der Waals surface area contributed by atoms with E-state index in [4.69, 9.17) is 9.84 Å². The molecule has 0 bridgehead atoms. The average Bonchev–Trinajstić information content (AvgIpc) is 2.76. The third-order valence-corrected chi connectivity index (χ3v) is 1.93. The first-order valence-electron chi connectivity index (χ1n) is 4.71. The van der Waals surface area contributed by atoms with E-state index in [0.29, 0.717) is 5.88 Å². The zero-order valence-corrected chi connectivity index (χ0v) is 8.41. The van der Waals surface area contributed by atoms with Crippen molar-refractivity contribution in [2.75, 3.05) is 6.61 Å². The number of aromatic nitrogens is 2. The van der Waals surface area contributed by atoms with Gasteiger partial charge in [-0.1, -0.05) is 18.2 Å². The zero-order valence-electron chi connectivity index (χ0n) is 8.41. The fraction of sp³-hybridized carbons (Fsp3) is 0.0909. The highest BCUT2D eigenvalue weighted by Crippen LogP contribution is 2.11. The van der Waals surface area contributed by atoms with Gasteiger partial charge >= 0.3 is 5.97 Å². The Labute approximate surface area is 91.9 Å². The molecule has 0 saturated carbocycles. The molecule has 2 aromatic rings. The molecule has 0 amide bonds. The molecule has 0 fully saturated rings. The van der Waals surface area contributed by atoms with Crippen LogP contribution in [0, 0.1) is 0 Å². The first-order chi connectivity index (χ1) is 7.75. The van der Waals surface area contributed by atoms with Crippen molar-refractivity contribution in [3.63, 3.8) is 0 Å². The van der Waals surface area contributed by atoms with Crippen LogP contribution >= 0.6 is 0 Å². The maximum absolute atomic E-state index is 10.3. The summed E-state index contributed by atoms with van der Waals surface area (Å²) in [5, 5.41) is 12.5. The van der Waals surface area contributed by atoms with Crippen LogP contribution in [0.1, 0.15) is 0 Å². The smallest absolute Gasteiger partial charge is 0.341 e. The predicted molar refractivity (Wildman–Crippen MR) is 56.7 cm³/mol. The second kappa shape index (κ2) is 4.48. The molecule has 0 aliphatic rings. The Kier molecular flexibility index (Phi) is 2.86. The van der Waals surface area contributed by atoms with E-state index in [9.17, 15) is 4.79 Å². The molecule has 5 nitrogen and oxygen atoms in total. The van der Waals surface area contributed by atoms with Gasteiger partial charge in [0.25, 0.3) is 0 Å². The molecule has 1 aromatic heterocycles. The Morgan fingerprint density at radius 2 is 2.06 bits per heavy atom. The number of hydrogen-bond donors (Lipinski definition) is 1. The topological polar surface area (TPSA) is 64.3 Å². The number of carboxylic acids is 1. The summed E-state index contributed by atoms with van der Waals surface area (Å²) in [6.07, 6.45) is 1.71. The van der Waals surface area contributed by atoms with Gasteiger partial charge in [-0.2, -0.15) is 0 Å². The van der Waals surface area contributed by atoms with Crippen LogP contribution in [0.15, 0.2) is 42.6 Å². The minimum absolute atomic E-state index is 0.297. The molecule has 0 radical (unpaired) electrons. The molecule has 1 aromatic carbocycles. The predicted octanol–water partition coefficient (Wildman–Crippen LogP) is 1.34. The highest BCUT2D eigenvalue weighted by molar-refractivity contribution is 5.68. The molecule has 2 rings (SSSR count). The number of carboxylic acid groups (broad SMARTS) is 1. The lowest BCUT2D eigenvalue weighted by molar-refractivity contribution is -0.139. The Morgan fingerprint density at radius 3 is 2.75 bits per heavy atom. The summed E-state index contributed by atoms with van der Waals surface area (Å²) in [7, 11) is 0. The number of carbonyl (C=O) groups is 1. The summed E-state index contributed by atoms with van der Waals surface area (Å²) in [6, 6.07) is 11.1. The Bertz CT molecular complexity index is 479. The lowest BCUT2D eigenvalue weighted by Crippen LogP contribution is -2.09. The first-order valence-corrected chi connectivity index (χ1v) is 4.71. The summed E-state index contributed by atoms with van der Waals surface area (Å²) in [4.78, 5) is 10.3. The van der Waals surface area contributed by atoms with E-state index in [0.717, 1.165) is 5.69 Å². The molecule has 0 spiro atoms. The molecular weight excluding hydrogens is 208 g/mol. The maximum atomic E-state index is 10.3. The van der Waals surface area contributed by atoms with Gasteiger partial charge in [0.2, 0.25) is 5.88 Å². The van der Waals surface area contributed by atoms with Crippen LogP contribution in [-0.4, -0.2) is 27.5 Å². The highest BCUT2D eigenvalue weighted by Gasteiger charge is 2.03. The molecule has 5 heteroatoms. The Hall–Kier alpha value is -2.30. The standard InChI is InChI=1S/C11H10N2O3/c14-11(15)8-16-10-6-7-13(12-10)9-4-2-1-3-5-9/h1-7H,8H2,(H,14,15). The van der Waals surface area contributed by atoms with Gasteiger partial charge in [0.05, 0.1) is 5.69 Å². The van der Waals surface area contributed by atoms with Gasteiger partial charge in [0.15, 0.2) is 6.61 Å². The third-order valence-electron chi connectivity index (χ3n) is 1.93. The normalized spacial score (nSPS) is 10.0. The van der Waals surface area contributed by atoms with Crippen LogP contribution in [-0.2, 0) is 4.79 Å². The number of benzene rings is 1. The molecular formula is C11H10N2O3. The van der Waals surface area contributed by atoms with Crippen molar-refractivity contribution in [3.8, 4) is 11.6 Å². The van der Waals surface area contributed by atoms with Gasteiger partial charge < -0.3 is 9.84 Å². The number of ether oxygens (including phenoxy) is 1. The highest BCUT2D eigenvalue weighted by atomic mass is 16.5. The molecule has 0 saturated heterocycles. The Balaban J connectivity index is 2.11. The lowest BCUT2D eigenvalue weighted by atomic mass is 10.3. The first kappa shape index (κ1) is 10.2. The summed E-state index contributed by atoms with van der Waals surface area (Å²) in [5.74, 6) is -0.722. The van der Waals surface area contributed by atoms with E-state index < -0.39 is 5.97 Å². The van der Waals surface area contributed by atoms with Crippen LogP contribution in [0.25, 0.3) is 5.69 Å². The summed E-state index contributed by atoms with van der Waals surface area (Å²) in [5.41, 5.74) is 0.896. The van der Waals surface area contributed by atoms with Crippen LogP contribution in [0.5, 0.6) is 5.88 Å². The van der Waals surface area contributed by atoms with E-state index in [-0.39, 0.29) is 6.61 Å². The van der Waals surface area contributed by atoms with Crippen molar-refractivity contribution in [1.82, 2.24) is 9.78 Å². The summed E-state index contributed by atoms with van der Waals surface area (Å²) >= 11 is 0. The van der Waals surface area contributed by atoms with Crippen molar-refractivity contribution < 1.29 is 14.6 Å². The van der Waals surface area contributed by atoms with Gasteiger partial charge in [0, 0.05) is 12.3 Å². The molecule has 1 N–H and O–H groups in total. The summed E-state index contributed by atoms with van der Waals surface area (Å²) < 4.78 is 6.56. The van der Waals surface area contributed by atoms with Crippen molar-refractivity contribution in [2.45, 2.75) is 0 Å². The van der Waals surface area contributed by atoms with Gasteiger partial charge in [-0.15, -0.1) is 5.10 Å². The van der Waals surface area contributed by atoms with Gasteiger partial charge in [-0.3, -0.25) is 0 Å². The number of hydrogen-bond acceptors (Lipinski definition) is 3. The van der Waals surface area contributed by atoms with Crippen LogP contribution in [0.3, 0.4) is 0 Å². The maximum Gasteiger partial charge on any atom is 0.341 e. The molecule has 0 aliphatic carbocycles. The van der Waals surface area contributed by atoms with Crippen molar-refractivity contribution >= 4 is 5.97 Å². The SMILES string of the molecule is O=C(O)COc1ccn(-c2ccccc2)n1. The molecule has 0 atom stereocenters. The number of rotatable bonds is 4. The Morgan fingerprint density at radius 1 is 1.31 bits per heavy atom. The monoisotopic (exact) mass is 218 g/mol. The number of para-hydroxylation sites is 1. The van der Waals surface area contributed by atoms with Gasteiger partial charge in [-0.05, 0) is 12.1 Å². The summed E-state index contributed by atoms with van der Waals surface area (Å²) in [6.45, 7) is -0.383. The van der Waals surface area contributed by atoms with E-state index in [1.165, 1.54) is 0 Å². The molecule has 0 aliphatic heterocycles. The van der Waals surface area contributed by atoms with Crippen molar-refractivity contribution in [3.05, 3.63) is 42.6 Å². The molecule has 82 valence electrons. The van der Waals surface area contributed by atoms with Gasteiger partial charge in [-0.25, -0.2) is 9.48 Å². The third kappa shape index (κ3) is 2.38. The fourth-order valence-electron chi connectivity index (χ4n) is 1.24. The van der Waals surface area contributed by atoms with Gasteiger partial charge in [0.1, 0.15) is 0 Å². The van der Waals surface area contributed by atoms with E-state index in [1.807, 2.05) is 30.3 Å². The van der Waals surface area contributed by atoms with Crippen molar-refractivity contribution in [2.24, 2.45) is 0 Å². The van der Waals surface area contributed by atoms with Crippen LogP contribution in [0.2, 0.25) is 0 Å². The lowest BCUT2D eigenvalue weighted by Gasteiger charge is -2.00. The minimum Gasteiger partial charge on any atom is -0.479 e. The average molecular weight is 218 g/mol. The quantitative estimate of drug-likeness (QED) is 0.840. The fourth-order valence-corrected chi connectivity index (χ4v) is 1.24. The van der Waals surface area contributed by atoms with Crippen LogP contribution in [0.4, 0.5) is 0 Å². The minimum atomic E-state index is -1.02. The number of nitrogens with zero attached hydrogens (tertiary/aromatic N) is 2. The van der Waals surface area contributed by atoms with Crippen LogP contribution < -0.4 is 4.74 Å². The molecule has 1 heterocycles. The zero-order chi connectivity index (χ0) is 11.4. The number of aliphatic carboxylic acids is 1. The second-order valence-electron chi connectivity index (χ2n) is 3.12. The van der Waals surface area contributed by atoms with E-state index in [1.54, 1.807) is 16.9 Å². The largest absolute Gasteiger partial charge is 0.479 e. The van der Waals surface area contributed by atoms with E-state index in [2.05, 4.69) is 5.10 Å². The van der Waals surface area contributed by atoms with Crippen molar-refractivity contribution in [1.29, 1.82) is 0 Å².